The molecule has 0 heterocycles. The number of nitrogens with zero attached hydrogens (tertiary/aromatic N) is 2. The van der Waals surface area contributed by atoms with Crippen LogP contribution in [-0.4, -0.2) is 21.8 Å². The van der Waals surface area contributed by atoms with E-state index in [4.69, 9.17) is 0 Å². The third-order valence-electron chi connectivity index (χ3n) is 5.38. The first-order valence-corrected chi connectivity index (χ1v) is 8.10. The van der Waals surface area contributed by atoms with E-state index in [-0.39, 0.29) is 11.6 Å². The number of benzene rings is 1. The van der Waals surface area contributed by atoms with Crippen molar-refractivity contribution in [3.05, 3.63) is 44.0 Å². The number of non-ortho nitro benzene ring substituents is 2. The van der Waals surface area contributed by atoms with Crippen molar-refractivity contribution in [2.75, 3.05) is 0 Å². The second kappa shape index (κ2) is 6.18. The van der Waals surface area contributed by atoms with Gasteiger partial charge in [0.05, 0.1) is 21.5 Å². The number of nitro benzene ring substituents is 2. The van der Waals surface area contributed by atoms with Crippen LogP contribution < -0.4 is 5.32 Å². The summed E-state index contributed by atoms with van der Waals surface area (Å²) in [5.74, 6) is 1.29. The molecule has 0 radical (unpaired) electrons. The van der Waals surface area contributed by atoms with Gasteiger partial charge in [0.15, 0.2) is 0 Å². The van der Waals surface area contributed by atoms with Crippen molar-refractivity contribution >= 4 is 17.3 Å². The molecule has 8 heteroatoms. The van der Waals surface area contributed by atoms with E-state index in [0.29, 0.717) is 11.8 Å². The molecular formula is C16H19N3O5. The van der Waals surface area contributed by atoms with Crippen molar-refractivity contribution in [2.24, 2.45) is 17.8 Å². The number of nitro groups is 2. The van der Waals surface area contributed by atoms with Crippen LogP contribution in [0, 0.1) is 38.0 Å². The summed E-state index contributed by atoms with van der Waals surface area (Å²) in [5, 5.41) is 24.7. The zero-order valence-electron chi connectivity index (χ0n) is 13.3. The summed E-state index contributed by atoms with van der Waals surface area (Å²) >= 11 is 0. The van der Waals surface area contributed by atoms with E-state index < -0.39 is 27.1 Å². The molecule has 2 saturated carbocycles. The molecule has 0 saturated heterocycles. The number of carbonyl (C=O) groups excluding carboxylic acids is 1. The minimum absolute atomic E-state index is 0.0499. The Morgan fingerprint density at radius 2 is 1.75 bits per heavy atom. The summed E-state index contributed by atoms with van der Waals surface area (Å²) in [6, 6.07) is 2.97. The standard InChI is InChI=1S/C16H19N3O5/c1-9(15-5-10-2-3-11(15)4-10)17-16(20)12-6-13(18(21)22)8-14(7-12)19(23)24/h6-11,15H,2-5H2,1H3,(H,17,20)/t9-,10+,11+,15+/m0/s1. The van der Waals surface area contributed by atoms with Gasteiger partial charge in [0.25, 0.3) is 17.3 Å². The Hall–Kier alpha value is -2.51. The second-order valence-corrected chi connectivity index (χ2v) is 6.85. The lowest BCUT2D eigenvalue weighted by molar-refractivity contribution is -0.394. The van der Waals surface area contributed by atoms with Gasteiger partial charge in [-0.15, -0.1) is 0 Å². The van der Waals surface area contributed by atoms with E-state index in [0.717, 1.165) is 30.5 Å². The minimum atomic E-state index is -0.733. The maximum absolute atomic E-state index is 12.4. The molecular weight excluding hydrogens is 314 g/mol. The molecule has 4 atom stereocenters. The van der Waals surface area contributed by atoms with Gasteiger partial charge in [0, 0.05) is 18.2 Å². The topological polar surface area (TPSA) is 115 Å². The first-order chi connectivity index (χ1) is 11.3. The molecule has 128 valence electrons. The second-order valence-electron chi connectivity index (χ2n) is 6.85. The van der Waals surface area contributed by atoms with Gasteiger partial charge >= 0.3 is 0 Å². The summed E-state index contributed by atoms with van der Waals surface area (Å²) in [4.78, 5) is 32.8. The summed E-state index contributed by atoms with van der Waals surface area (Å²) in [6.07, 6.45) is 4.77. The lowest BCUT2D eigenvalue weighted by Crippen LogP contribution is -2.40. The molecule has 0 aliphatic heterocycles. The van der Waals surface area contributed by atoms with Gasteiger partial charge in [-0.25, -0.2) is 0 Å². The van der Waals surface area contributed by atoms with Crippen molar-refractivity contribution in [1.82, 2.24) is 5.32 Å². The quantitative estimate of drug-likeness (QED) is 0.656. The number of amides is 1. The molecule has 2 bridgehead atoms. The number of carbonyl (C=O) groups is 1. The number of hydrogen-bond donors (Lipinski definition) is 1. The Morgan fingerprint density at radius 1 is 1.12 bits per heavy atom. The normalized spacial score (nSPS) is 26.1. The first kappa shape index (κ1) is 16.4. The van der Waals surface area contributed by atoms with Crippen LogP contribution in [0.25, 0.3) is 0 Å². The molecule has 1 aromatic carbocycles. The minimum Gasteiger partial charge on any atom is -0.349 e. The van der Waals surface area contributed by atoms with Crippen molar-refractivity contribution in [3.63, 3.8) is 0 Å². The highest BCUT2D eigenvalue weighted by atomic mass is 16.6. The molecule has 2 fully saturated rings. The third-order valence-corrected chi connectivity index (χ3v) is 5.38. The van der Waals surface area contributed by atoms with Crippen LogP contribution in [0.3, 0.4) is 0 Å². The van der Waals surface area contributed by atoms with E-state index in [1.807, 2.05) is 6.92 Å². The summed E-state index contributed by atoms with van der Waals surface area (Å²) in [7, 11) is 0. The van der Waals surface area contributed by atoms with E-state index in [1.54, 1.807) is 0 Å². The number of fused-ring (bicyclic) bond motifs is 2. The van der Waals surface area contributed by atoms with E-state index in [9.17, 15) is 25.0 Å². The SMILES string of the molecule is C[C@H](NC(=O)c1cc([N+](=O)[O-])cc([N+](=O)[O-])c1)[C@H]1C[C@@H]2CC[C@@H]1C2. The third kappa shape index (κ3) is 3.08. The zero-order valence-corrected chi connectivity index (χ0v) is 13.3. The van der Waals surface area contributed by atoms with Crippen LogP contribution >= 0.6 is 0 Å². The van der Waals surface area contributed by atoms with Gasteiger partial charge in [-0.1, -0.05) is 6.42 Å². The molecule has 8 nitrogen and oxygen atoms in total. The fourth-order valence-corrected chi connectivity index (χ4v) is 4.24. The van der Waals surface area contributed by atoms with Crippen molar-refractivity contribution in [1.29, 1.82) is 0 Å². The van der Waals surface area contributed by atoms with Gasteiger partial charge in [-0.05, 0) is 43.9 Å². The van der Waals surface area contributed by atoms with Crippen molar-refractivity contribution in [2.45, 2.75) is 38.6 Å². The number of nitrogens with one attached hydrogen (secondary N) is 1. The maximum atomic E-state index is 12.4. The monoisotopic (exact) mass is 333 g/mol. The lowest BCUT2D eigenvalue weighted by atomic mass is 9.84. The van der Waals surface area contributed by atoms with E-state index in [1.165, 1.54) is 19.3 Å². The first-order valence-electron chi connectivity index (χ1n) is 8.10. The molecule has 1 aromatic rings. The fourth-order valence-electron chi connectivity index (χ4n) is 4.24. The number of rotatable bonds is 5. The highest BCUT2D eigenvalue weighted by Gasteiger charge is 2.42. The summed E-state index contributed by atoms with van der Waals surface area (Å²) in [6.45, 7) is 1.94. The van der Waals surface area contributed by atoms with Crippen LogP contribution in [-0.2, 0) is 0 Å². The van der Waals surface area contributed by atoms with Crippen LogP contribution in [0.2, 0.25) is 0 Å². The largest absolute Gasteiger partial charge is 0.349 e. The predicted molar refractivity (Wildman–Crippen MR) is 85.6 cm³/mol. The number of hydrogen-bond acceptors (Lipinski definition) is 5. The van der Waals surface area contributed by atoms with Gasteiger partial charge in [-0.2, -0.15) is 0 Å². The Balaban J connectivity index is 1.76. The molecule has 24 heavy (non-hydrogen) atoms. The highest BCUT2D eigenvalue weighted by molar-refractivity contribution is 5.95. The molecule has 2 aliphatic carbocycles. The highest BCUT2D eigenvalue weighted by Crippen LogP contribution is 2.49. The average Bonchev–Trinajstić information content (AvgIpc) is 3.17. The van der Waals surface area contributed by atoms with Crippen molar-refractivity contribution in [3.8, 4) is 0 Å². The van der Waals surface area contributed by atoms with Gasteiger partial charge in [0.2, 0.25) is 0 Å². The van der Waals surface area contributed by atoms with E-state index >= 15 is 0 Å². The smallest absolute Gasteiger partial charge is 0.277 e. The Bertz CT molecular complexity index is 673. The molecule has 0 spiro atoms. The molecule has 1 N–H and O–H groups in total. The van der Waals surface area contributed by atoms with Gasteiger partial charge < -0.3 is 5.32 Å². The molecule has 0 aromatic heterocycles. The molecule has 0 unspecified atom stereocenters. The fraction of sp³-hybridized carbons (Fsp3) is 0.562. The maximum Gasteiger partial charge on any atom is 0.277 e. The van der Waals surface area contributed by atoms with Gasteiger partial charge in [-0.3, -0.25) is 25.0 Å². The van der Waals surface area contributed by atoms with Crippen LogP contribution in [0.5, 0.6) is 0 Å². The Kier molecular flexibility index (Phi) is 4.21. The molecule has 1 amide bonds. The Morgan fingerprint density at radius 3 is 2.21 bits per heavy atom. The zero-order chi connectivity index (χ0) is 17.4. The lowest BCUT2D eigenvalue weighted by Gasteiger charge is -2.28. The predicted octanol–water partition coefficient (Wildman–Crippen LogP) is 3.06. The average molecular weight is 333 g/mol. The molecule has 3 rings (SSSR count). The van der Waals surface area contributed by atoms with Crippen molar-refractivity contribution < 1.29 is 14.6 Å². The summed E-state index contributed by atoms with van der Waals surface area (Å²) in [5.41, 5.74) is -0.963. The summed E-state index contributed by atoms with van der Waals surface area (Å²) < 4.78 is 0. The van der Waals surface area contributed by atoms with E-state index in [2.05, 4.69) is 5.32 Å². The van der Waals surface area contributed by atoms with Crippen LogP contribution in [0.1, 0.15) is 43.0 Å². The Labute approximate surface area is 138 Å². The van der Waals surface area contributed by atoms with Gasteiger partial charge in [0.1, 0.15) is 0 Å². The van der Waals surface area contributed by atoms with Crippen LogP contribution in [0.4, 0.5) is 11.4 Å². The molecule has 2 aliphatic rings. The van der Waals surface area contributed by atoms with Crippen LogP contribution in [0.15, 0.2) is 18.2 Å².